The Kier molecular flexibility index (Phi) is 2.46. The first-order valence-electron chi connectivity index (χ1n) is 4.82. The number of nitrogens with zero attached hydrogens (tertiary/aromatic N) is 1. The topological polar surface area (TPSA) is 24.1 Å². The van der Waals surface area contributed by atoms with Crippen LogP contribution in [0.25, 0.3) is 10.9 Å². The van der Waals surface area contributed by atoms with Gasteiger partial charge in [0.1, 0.15) is 6.10 Å². The summed E-state index contributed by atoms with van der Waals surface area (Å²) in [6.45, 7) is 2.44. The average Bonchev–Trinajstić information content (AvgIpc) is 2.18. The maximum atomic E-state index is 9.34. The van der Waals surface area contributed by atoms with Gasteiger partial charge < -0.3 is 5.11 Å². The van der Waals surface area contributed by atoms with Crippen LogP contribution < -0.4 is 4.57 Å². The molecule has 1 atom stereocenters. The first-order chi connectivity index (χ1) is 6.77. The molecule has 0 fully saturated rings. The van der Waals surface area contributed by atoms with Gasteiger partial charge in [-0.25, -0.2) is 0 Å². The lowest BCUT2D eigenvalue weighted by molar-refractivity contribution is -0.678. The third kappa shape index (κ3) is 1.75. The molecule has 2 rings (SSSR count). The number of rotatable bonds is 2. The van der Waals surface area contributed by atoms with E-state index in [2.05, 4.69) is 22.8 Å². The Labute approximate surface area is 83.4 Å². The number of fused-ring (bicyclic) bond motifs is 1. The molecule has 0 unspecified atom stereocenters. The van der Waals surface area contributed by atoms with Crippen LogP contribution in [0.2, 0.25) is 0 Å². The summed E-state index contributed by atoms with van der Waals surface area (Å²) in [6.07, 6.45) is 1.68. The fourth-order valence-electron chi connectivity index (χ4n) is 1.66. The van der Waals surface area contributed by atoms with Gasteiger partial charge in [-0.2, -0.15) is 4.57 Å². The van der Waals surface area contributed by atoms with E-state index in [1.54, 1.807) is 6.92 Å². The molecule has 0 amide bonds. The maximum absolute atomic E-state index is 9.34. The van der Waals surface area contributed by atoms with Crippen molar-refractivity contribution in [3.05, 3.63) is 42.6 Å². The number of aliphatic hydroxyl groups is 1. The molecule has 0 saturated carbocycles. The van der Waals surface area contributed by atoms with Gasteiger partial charge in [-0.1, -0.05) is 12.1 Å². The zero-order chi connectivity index (χ0) is 9.97. The van der Waals surface area contributed by atoms with Gasteiger partial charge in [0.2, 0.25) is 5.52 Å². The molecule has 1 N–H and O–H groups in total. The van der Waals surface area contributed by atoms with Crippen molar-refractivity contribution in [2.75, 3.05) is 0 Å². The Balaban J connectivity index is 2.53. The molecule has 1 aromatic carbocycles. The predicted octanol–water partition coefficient (Wildman–Crippen LogP) is 1.51. The van der Waals surface area contributed by atoms with Crippen LogP contribution in [0, 0.1) is 0 Å². The normalized spacial score (nSPS) is 13.0. The van der Waals surface area contributed by atoms with Crippen molar-refractivity contribution >= 4 is 10.9 Å². The van der Waals surface area contributed by atoms with E-state index in [0.717, 1.165) is 5.52 Å². The van der Waals surface area contributed by atoms with Gasteiger partial charge in [0.25, 0.3) is 0 Å². The quantitative estimate of drug-likeness (QED) is 0.710. The lowest BCUT2D eigenvalue weighted by Gasteiger charge is -2.02. The van der Waals surface area contributed by atoms with E-state index in [-0.39, 0.29) is 6.10 Å². The van der Waals surface area contributed by atoms with E-state index < -0.39 is 0 Å². The Morgan fingerprint density at radius 1 is 1.21 bits per heavy atom. The zero-order valence-electron chi connectivity index (χ0n) is 8.22. The van der Waals surface area contributed by atoms with Crippen LogP contribution in [0.3, 0.4) is 0 Å². The second-order valence-corrected chi connectivity index (χ2v) is 3.57. The molecule has 2 nitrogen and oxygen atoms in total. The van der Waals surface area contributed by atoms with Gasteiger partial charge >= 0.3 is 0 Å². The summed E-state index contributed by atoms with van der Waals surface area (Å²) in [4.78, 5) is 0. The molecule has 0 aliphatic rings. The Hall–Kier alpha value is -1.41. The summed E-state index contributed by atoms with van der Waals surface area (Å²) in [7, 11) is 0. The van der Waals surface area contributed by atoms with E-state index in [9.17, 15) is 5.11 Å². The molecule has 0 aliphatic carbocycles. The van der Waals surface area contributed by atoms with Crippen LogP contribution in [-0.4, -0.2) is 11.2 Å². The molecular formula is C12H14NO+. The molecule has 72 valence electrons. The number of aromatic nitrogens is 1. The molecular weight excluding hydrogens is 174 g/mol. The number of pyridine rings is 1. The van der Waals surface area contributed by atoms with Crippen molar-refractivity contribution in [1.29, 1.82) is 0 Å². The highest BCUT2D eigenvalue weighted by molar-refractivity contribution is 5.74. The third-order valence-corrected chi connectivity index (χ3v) is 2.25. The third-order valence-electron chi connectivity index (χ3n) is 2.25. The van der Waals surface area contributed by atoms with Crippen molar-refractivity contribution in [2.45, 2.75) is 19.6 Å². The molecule has 1 heterocycles. The molecule has 0 radical (unpaired) electrons. The van der Waals surface area contributed by atoms with Crippen molar-refractivity contribution in [3.8, 4) is 0 Å². The molecule has 0 spiro atoms. The van der Waals surface area contributed by atoms with E-state index >= 15 is 0 Å². The molecule has 14 heavy (non-hydrogen) atoms. The average molecular weight is 188 g/mol. The highest BCUT2D eigenvalue weighted by Gasteiger charge is 2.09. The zero-order valence-corrected chi connectivity index (χ0v) is 8.22. The van der Waals surface area contributed by atoms with Gasteiger partial charge in [-0.05, 0) is 19.1 Å². The number of benzene rings is 1. The van der Waals surface area contributed by atoms with Crippen molar-refractivity contribution in [2.24, 2.45) is 0 Å². The summed E-state index contributed by atoms with van der Waals surface area (Å²) in [6, 6.07) is 12.3. The van der Waals surface area contributed by atoms with Crippen molar-refractivity contribution < 1.29 is 9.67 Å². The van der Waals surface area contributed by atoms with Gasteiger partial charge in [-0.3, -0.25) is 0 Å². The van der Waals surface area contributed by atoms with E-state index in [4.69, 9.17) is 0 Å². The summed E-state index contributed by atoms with van der Waals surface area (Å²) in [5.74, 6) is 0. The molecule has 0 aliphatic heterocycles. The Morgan fingerprint density at radius 3 is 2.71 bits per heavy atom. The summed E-state index contributed by atoms with van der Waals surface area (Å²) < 4.78 is 2.07. The maximum Gasteiger partial charge on any atom is 0.212 e. The van der Waals surface area contributed by atoms with Gasteiger partial charge in [0.15, 0.2) is 12.7 Å². The Bertz CT molecular complexity index is 432. The van der Waals surface area contributed by atoms with Gasteiger partial charge in [0.05, 0.1) is 0 Å². The first kappa shape index (κ1) is 9.16. The fraction of sp³-hybridized carbons (Fsp3) is 0.250. The van der Waals surface area contributed by atoms with E-state index in [1.807, 2.05) is 24.4 Å². The first-order valence-corrected chi connectivity index (χ1v) is 4.82. The smallest absolute Gasteiger partial charge is 0.212 e. The lowest BCUT2D eigenvalue weighted by Crippen LogP contribution is -2.39. The van der Waals surface area contributed by atoms with Crippen molar-refractivity contribution in [1.82, 2.24) is 0 Å². The molecule has 0 saturated heterocycles. The van der Waals surface area contributed by atoms with E-state index in [1.165, 1.54) is 5.39 Å². The second-order valence-electron chi connectivity index (χ2n) is 3.57. The second kappa shape index (κ2) is 3.76. The number of hydrogen-bond acceptors (Lipinski definition) is 1. The van der Waals surface area contributed by atoms with Crippen LogP contribution >= 0.6 is 0 Å². The van der Waals surface area contributed by atoms with Crippen LogP contribution in [0.5, 0.6) is 0 Å². The minimum atomic E-state index is -0.314. The largest absolute Gasteiger partial charge is 0.387 e. The molecule has 0 bridgehead atoms. The SMILES string of the molecule is C[C@@H](O)C[n+]1cccc2ccccc21. The van der Waals surface area contributed by atoms with Gasteiger partial charge in [-0.15, -0.1) is 0 Å². The van der Waals surface area contributed by atoms with Gasteiger partial charge in [0, 0.05) is 17.5 Å². The highest BCUT2D eigenvalue weighted by atomic mass is 16.3. The number of hydrogen-bond donors (Lipinski definition) is 1. The molecule has 2 aromatic rings. The standard InChI is InChI=1S/C12H14NO/c1-10(14)9-13-8-4-6-11-5-2-3-7-12(11)13/h2-8,10,14H,9H2,1H3/q+1/t10-/m1/s1. The minimum absolute atomic E-state index is 0.314. The van der Waals surface area contributed by atoms with Crippen LogP contribution in [0.1, 0.15) is 6.92 Å². The predicted molar refractivity (Wildman–Crippen MR) is 55.8 cm³/mol. The molecule has 2 heteroatoms. The van der Waals surface area contributed by atoms with Crippen molar-refractivity contribution in [3.63, 3.8) is 0 Å². The minimum Gasteiger partial charge on any atom is -0.387 e. The lowest BCUT2D eigenvalue weighted by atomic mass is 10.2. The summed E-state index contributed by atoms with van der Waals surface area (Å²) in [5.41, 5.74) is 1.16. The number of para-hydroxylation sites is 1. The molecule has 1 aromatic heterocycles. The number of aliphatic hydroxyl groups excluding tert-OH is 1. The van der Waals surface area contributed by atoms with Crippen LogP contribution in [0.4, 0.5) is 0 Å². The highest BCUT2D eigenvalue weighted by Crippen LogP contribution is 2.07. The monoisotopic (exact) mass is 188 g/mol. The fourth-order valence-corrected chi connectivity index (χ4v) is 1.66. The Morgan fingerprint density at radius 2 is 1.93 bits per heavy atom. The van der Waals surface area contributed by atoms with Crippen LogP contribution in [-0.2, 0) is 6.54 Å². The van der Waals surface area contributed by atoms with E-state index in [0.29, 0.717) is 6.54 Å². The van der Waals surface area contributed by atoms with Crippen LogP contribution in [0.15, 0.2) is 42.6 Å². The summed E-state index contributed by atoms with van der Waals surface area (Å²) >= 11 is 0. The summed E-state index contributed by atoms with van der Waals surface area (Å²) in [5, 5.41) is 10.5.